The van der Waals surface area contributed by atoms with Gasteiger partial charge in [0.2, 0.25) is 0 Å². The van der Waals surface area contributed by atoms with Crippen LogP contribution in [0.3, 0.4) is 0 Å². The third-order valence-electron chi connectivity index (χ3n) is 4.46. The molecule has 0 aliphatic heterocycles. The Morgan fingerprint density at radius 2 is 2.00 bits per heavy atom. The molecule has 24 heavy (non-hydrogen) atoms. The van der Waals surface area contributed by atoms with Crippen molar-refractivity contribution < 1.29 is 9.53 Å². The number of carbonyl (C=O) groups is 1. The molecule has 4 heteroatoms. The molecule has 0 spiro atoms. The molecule has 0 heterocycles. The monoisotopic (exact) mass is 343 g/mol. The van der Waals surface area contributed by atoms with Gasteiger partial charge in [-0.25, -0.2) is 0 Å². The Balaban J connectivity index is 1.71. The quantitative estimate of drug-likeness (QED) is 0.855. The van der Waals surface area contributed by atoms with E-state index >= 15 is 0 Å². The molecule has 1 aliphatic rings. The standard InChI is InChI=1S/C20H22ClNO2/c1-2-18(24-19-13-6-5-11-16(19)21)20(23)22-17-12-7-9-14-8-3-4-10-15(14)17/h3-6,8,10-11,13,17-18H,2,7,9,12H2,1H3,(H,22,23)/t17-,18-/m0/s1. The van der Waals surface area contributed by atoms with Gasteiger partial charge in [0.25, 0.3) is 5.91 Å². The zero-order valence-corrected chi connectivity index (χ0v) is 14.6. The van der Waals surface area contributed by atoms with E-state index in [1.165, 1.54) is 11.1 Å². The maximum atomic E-state index is 12.7. The molecule has 0 saturated carbocycles. The highest BCUT2D eigenvalue weighted by molar-refractivity contribution is 6.32. The topological polar surface area (TPSA) is 38.3 Å². The molecular weight excluding hydrogens is 322 g/mol. The smallest absolute Gasteiger partial charge is 0.261 e. The van der Waals surface area contributed by atoms with Crippen molar-refractivity contribution in [1.82, 2.24) is 5.32 Å². The molecule has 1 N–H and O–H groups in total. The van der Waals surface area contributed by atoms with E-state index in [0.29, 0.717) is 17.2 Å². The first-order valence-electron chi connectivity index (χ1n) is 8.48. The number of ether oxygens (including phenoxy) is 1. The number of nitrogens with one attached hydrogen (secondary N) is 1. The molecule has 2 atom stereocenters. The number of carbonyl (C=O) groups excluding carboxylic acids is 1. The Morgan fingerprint density at radius 1 is 1.25 bits per heavy atom. The molecule has 1 amide bonds. The predicted octanol–water partition coefficient (Wildman–Crippen LogP) is 4.69. The van der Waals surface area contributed by atoms with Crippen LogP contribution in [0.2, 0.25) is 5.02 Å². The van der Waals surface area contributed by atoms with Crippen LogP contribution in [0.15, 0.2) is 48.5 Å². The van der Waals surface area contributed by atoms with Crippen molar-refractivity contribution in [2.45, 2.75) is 44.8 Å². The number of halogens is 1. The first-order valence-corrected chi connectivity index (χ1v) is 8.86. The lowest BCUT2D eigenvalue weighted by molar-refractivity contribution is -0.129. The molecule has 0 saturated heterocycles. The SMILES string of the molecule is CC[C@H](Oc1ccccc1Cl)C(=O)N[C@H]1CCCc2ccccc21. The van der Waals surface area contributed by atoms with E-state index in [2.05, 4.69) is 23.5 Å². The van der Waals surface area contributed by atoms with Crippen molar-refractivity contribution in [2.24, 2.45) is 0 Å². The van der Waals surface area contributed by atoms with Gasteiger partial charge in [-0.1, -0.05) is 54.9 Å². The van der Waals surface area contributed by atoms with Gasteiger partial charge < -0.3 is 10.1 Å². The fourth-order valence-corrected chi connectivity index (χ4v) is 3.36. The molecule has 2 aromatic carbocycles. The van der Waals surface area contributed by atoms with Crippen molar-refractivity contribution in [3.05, 3.63) is 64.7 Å². The maximum Gasteiger partial charge on any atom is 0.261 e. The van der Waals surface area contributed by atoms with E-state index in [0.717, 1.165) is 19.3 Å². The summed E-state index contributed by atoms with van der Waals surface area (Å²) in [4.78, 5) is 12.7. The van der Waals surface area contributed by atoms with Crippen LogP contribution in [0.4, 0.5) is 0 Å². The maximum absolute atomic E-state index is 12.7. The summed E-state index contributed by atoms with van der Waals surface area (Å²) in [6, 6.07) is 15.6. The average molecular weight is 344 g/mol. The van der Waals surface area contributed by atoms with E-state index in [1.807, 2.05) is 25.1 Å². The number of rotatable bonds is 5. The second-order valence-electron chi connectivity index (χ2n) is 6.10. The van der Waals surface area contributed by atoms with E-state index in [4.69, 9.17) is 16.3 Å². The molecule has 0 aromatic heterocycles. The number of benzene rings is 2. The van der Waals surface area contributed by atoms with Crippen molar-refractivity contribution >= 4 is 17.5 Å². The van der Waals surface area contributed by atoms with Gasteiger partial charge in [-0.15, -0.1) is 0 Å². The van der Waals surface area contributed by atoms with E-state index in [9.17, 15) is 4.79 Å². The number of aryl methyl sites for hydroxylation is 1. The van der Waals surface area contributed by atoms with Gasteiger partial charge in [-0.3, -0.25) is 4.79 Å². The number of para-hydroxylation sites is 1. The summed E-state index contributed by atoms with van der Waals surface area (Å²) in [6.45, 7) is 1.94. The highest BCUT2D eigenvalue weighted by Crippen LogP contribution is 2.30. The van der Waals surface area contributed by atoms with Gasteiger partial charge >= 0.3 is 0 Å². The molecular formula is C20H22ClNO2. The van der Waals surface area contributed by atoms with E-state index in [1.54, 1.807) is 12.1 Å². The minimum Gasteiger partial charge on any atom is -0.479 e. The minimum absolute atomic E-state index is 0.0614. The number of hydrogen-bond donors (Lipinski definition) is 1. The highest BCUT2D eigenvalue weighted by Gasteiger charge is 2.26. The zero-order valence-electron chi connectivity index (χ0n) is 13.8. The molecule has 3 rings (SSSR count). The van der Waals surface area contributed by atoms with Crippen LogP contribution in [0, 0.1) is 0 Å². The van der Waals surface area contributed by atoms with Crippen LogP contribution < -0.4 is 10.1 Å². The van der Waals surface area contributed by atoms with Crippen LogP contribution >= 0.6 is 11.6 Å². The fraction of sp³-hybridized carbons (Fsp3) is 0.350. The van der Waals surface area contributed by atoms with Crippen LogP contribution in [-0.2, 0) is 11.2 Å². The summed E-state index contributed by atoms with van der Waals surface area (Å²) in [5, 5.41) is 3.68. The van der Waals surface area contributed by atoms with E-state index < -0.39 is 6.10 Å². The van der Waals surface area contributed by atoms with Crippen molar-refractivity contribution in [3.63, 3.8) is 0 Å². The molecule has 3 nitrogen and oxygen atoms in total. The lowest BCUT2D eigenvalue weighted by Crippen LogP contribution is -2.41. The Bertz CT molecular complexity index is 716. The number of hydrogen-bond acceptors (Lipinski definition) is 2. The summed E-state index contributed by atoms with van der Waals surface area (Å²) >= 11 is 6.13. The second kappa shape index (κ2) is 7.71. The lowest BCUT2D eigenvalue weighted by atomic mass is 9.87. The van der Waals surface area contributed by atoms with Gasteiger partial charge in [0.1, 0.15) is 5.75 Å². The first kappa shape index (κ1) is 16.8. The Morgan fingerprint density at radius 3 is 2.79 bits per heavy atom. The van der Waals surface area contributed by atoms with Crippen molar-refractivity contribution in [3.8, 4) is 5.75 Å². The van der Waals surface area contributed by atoms with E-state index in [-0.39, 0.29) is 11.9 Å². The molecule has 1 aliphatic carbocycles. The Kier molecular flexibility index (Phi) is 5.41. The molecule has 2 aromatic rings. The first-order chi connectivity index (χ1) is 11.7. The normalized spacial score (nSPS) is 17.7. The zero-order chi connectivity index (χ0) is 16.9. The van der Waals surface area contributed by atoms with Crippen LogP contribution in [-0.4, -0.2) is 12.0 Å². The average Bonchev–Trinajstić information content (AvgIpc) is 2.61. The number of fused-ring (bicyclic) bond motifs is 1. The van der Waals surface area contributed by atoms with Crippen LogP contribution in [0.25, 0.3) is 0 Å². The summed E-state index contributed by atoms with van der Waals surface area (Å²) < 4.78 is 5.84. The summed E-state index contributed by atoms with van der Waals surface area (Å²) in [5.41, 5.74) is 2.55. The fourth-order valence-electron chi connectivity index (χ4n) is 3.18. The van der Waals surface area contributed by atoms with Gasteiger partial charge in [0.15, 0.2) is 6.10 Å². The van der Waals surface area contributed by atoms with Crippen molar-refractivity contribution in [1.29, 1.82) is 0 Å². The second-order valence-corrected chi connectivity index (χ2v) is 6.50. The molecule has 0 unspecified atom stereocenters. The Labute approximate surface area is 148 Å². The van der Waals surface area contributed by atoms with Crippen LogP contribution in [0.5, 0.6) is 5.75 Å². The number of amides is 1. The molecule has 0 fully saturated rings. The highest BCUT2D eigenvalue weighted by atomic mass is 35.5. The third kappa shape index (κ3) is 3.73. The summed E-state index contributed by atoms with van der Waals surface area (Å²) in [5.74, 6) is 0.462. The van der Waals surface area contributed by atoms with Crippen LogP contribution in [0.1, 0.15) is 43.4 Å². The molecule has 0 bridgehead atoms. The summed E-state index contributed by atoms with van der Waals surface area (Å²) in [6.07, 6.45) is 3.18. The van der Waals surface area contributed by atoms with Gasteiger partial charge in [0, 0.05) is 0 Å². The minimum atomic E-state index is -0.543. The third-order valence-corrected chi connectivity index (χ3v) is 4.77. The molecule has 0 radical (unpaired) electrons. The van der Waals surface area contributed by atoms with Gasteiger partial charge in [0.05, 0.1) is 11.1 Å². The summed E-state index contributed by atoms with van der Waals surface area (Å²) in [7, 11) is 0. The Hall–Kier alpha value is -2.00. The van der Waals surface area contributed by atoms with Gasteiger partial charge in [-0.2, -0.15) is 0 Å². The largest absolute Gasteiger partial charge is 0.479 e. The molecule has 126 valence electrons. The lowest BCUT2D eigenvalue weighted by Gasteiger charge is -2.28. The predicted molar refractivity (Wildman–Crippen MR) is 96.4 cm³/mol. The van der Waals surface area contributed by atoms with Gasteiger partial charge in [-0.05, 0) is 48.9 Å². The van der Waals surface area contributed by atoms with Crippen molar-refractivity contribution in [2.75, 3.05) is 0 Å².